The zero-order valence-electron chi connectivity index (χ0n) is 4.81. The van der Waals surface area contributed by atoms with Crippen molar-refractivity contribution in [1.82, 2.24) is 0 Å². The highest BCUT2D eigenvalue weighted by atomic mass is 127. The molecule has 0 aliphatic heterocycles. The number of rotatable bonds is 6. The molecule has 0 saturated carbocycles. The smallest absolute Gasteiger partial charge is 0.109 e. The Labute approximate surface area is 82.8 Å². The molecule has 0 N–H and O–H groups in total. The van der Waals surface area contributed by atoms with Gasteiger partial charge in [-0.25, -0.2) is 0 Å². The van der Waals surface area contributed by atoms with Crippen molar-refractivity contribution in [2.75, 3.05) is 26.4 Å². The van der Waals surface area contributed by atoms with E-state index in [1.807, 2.05) is 46.0 Å². The average molecular weight is 358 g/mol. The van der Waals surface area contributed by atoms with Gasteiger partial charge in [0.2, 0.25) is 0 Å². The molecule has 0 aliphatic rings. The Morgan fingerprint density at radius 3 is 1.56 bits per heavy atom. The maximum Gasteiger partial charge on any atom is 0.109 e. The van der Waals surface area contributed by atoms with Crippen molar-refractivity contribution in [3.63, 3.8) is 0 Å². The van der Waals surface area contributed by atoms with Gasteiger partial charge in [-0.2, -0.15) is 0 Å². The summed E-state index contributed by atoms with van der Waals surface area (Å²) in [5, 5.41) is 0. The van der Waals surface area contributed by atoms with Gasteiger partial charge in [0.05, 0.1) is 26.4 Å². The summed E-state index contributed by atoms with van der Waals surface area (Å²) in [5.74, 6) is 0. The molecule has 9 heavy (non-hydrogen) atoms. The largest absolute Gasteiger partial charge is 0.377 e. The Balaban J connectivity index is 2.60. The lowest BCUT2D eigenvalue weighted by Gasteiger charge is -1.98. The van der Waals surface area contributed by atoms with E-state index in [2.05, 4.69) is 0 Å². The summed E-state index contributed by atoms with van der Waals surface area (Å²) in [6, 6.07) is 0. The van der Waals surface area contributed by atoms with E-state index in [-0.39, 0.29) is 0 Å². The maximum absolute atomic E-state index is 5.05. The maximum atomic E-state index is 5.05. The monoisotopic (exact) mass is 358 g/mol. The van der Waals surface area contributed by atoms with Crippen molar-refractivity contribution in [3.8, 4) is 0 Å². The summed E-state index contributed by atoms with van der Waals surface area (Å²) in [6.45, 7) is 2.56. The van der Waals surface area contributed by atoms with Gasteiger partial charge in [0.25, 0.3) is 0 Å². The summed E-state index contributed by atoms with van der Waals surface area (Å²) >= 11 is 3.67. The minimum absolute atomic E-state index is 0.641. The van der Waals surface area contributed by atoms with Crippen LogP contribution in [0, 0.1) is 0 Å². The molecule has 0 unspecified atom stereocenters. The van der Waals surface area contributed by atoms with Crippen LogP contribution in [0.3, 0.4) is 0 Å². The van der Waals surface area contributed by atoms with Gasteiger partial charge in [-0.3, -0.25) is 0 Å². The van der Waals surface area contributed by atoms with Gasteiger partial charge in [-0.15, -0.1) is 0 Å². The van der Waals surface area contributed by atoms with Crippen molar-refractivity contribution < 1.29 is 10.9 Å². The highest BCUT2D eigenvalue weighted by Crippen LogP contribution is 1.87. The lowest BCUT2D eigenvalue weighted by atomic mass is 10.7. The molecule has 0 aromatic carbocycles. The molecular weight excluding hydrogens is 350 g/mol. The normalized spacial score (nSPS) is 10.0. The molecule has 0 heterocycles. The summed E-state index contributed by atoms with van der Waals surface area (Å²) in [5.41, 5.74) is 0. The van der Waals surface area contributed by atoms with Crippen molar-refractivity contribution in [2.24, 2.45) is 0 Å². The molecule has 0 aromatic heterocycles. The van der Waals surface area contributed by atoms with Crippen LogP contribution in [-0.4, -0.2) is 26.4 Å². The summed E-state index contributed by atoms with van der Waals surface area (Å²) in [7, 11) is 0. The molecule has 5 heteroatoms. The first kappa shape index (κ1) is 10.3. The molecule has 0 saturated heterocycles. The molecule has 56 valence electrons. The first-order chi connectivity index (χ1) is 4.41. The first-order valence-corrected chi connectivity index (χ1v) is 4.22. The fourth-order valence-electron chi connectivity index (χ4n) is 0.283. The number of hydrogen-bond donors (Lipinski definition) is 0. The zero-order valence-corrected chi connectivity index (χ0v) is 9.12. The Morgan fingerprint density at radius 2 is 1.22 bits per heavy atom. The van der Waals surface area contributed by atoms with Crippen LogP contribution in [0.25, 0.3) is 0 Å². The second kappa shape index (κ2) is 9.34. The first-order valence-electron chi connectivity index (χ1n) is 2.46. The highest BCUT2D eigenvalue weighted by Gasteiger charge is 1.85. The Bertz CT molecular complexity index is 47.1. The van der Waals surface area contributed by atoms with Gasteiger partial charge >= 0.3 is 0 Å². The van der Waals surface area contributed by atoms with E-state index in [4.69, 9.17) is 10.9 Å². The van der Waals surface area contributed by atoms with Crippen LogP contribution < -0.4 is 0 Å². The van der Waals surface area contributed by atoms with Crippen molar-refractivity contribution in [2.45, 2.75) is 0 Å². The number of halogens is 2. The van der Waals surface area contributed by atoms with Gasteiger partial charge in [-0.1, -0.05) is 0 Å². The quantitative estimate of drug-likeness (QED) is 0.535. The third-order valence-corrected chi connectivity index (χ3v) is 1.49. The number of ether oxygens (including phenoxy) is 1. The van der Waals surface area contributed by atoms with Crippen molar-refractivity contribution in [3.05, 3.63) is 0 Å². The minimum atomic E-state index is 0.641. The minimum Gasteiger partial charge on any atom is -0.377 e. The molecule has 0 aliphatic carbocycles. The Hall–Kier alpha value is 1.34. The van der Waals surface area contributed by atoms with Crippen LogP contribution >= 0.6 is 46.0 Å². The third kappa shape index (κ3) is 9.34. The average Bonchev–Trinajstić information content (AvgIpc) is 1.89. The highest BCUT2D eigenvalue weighted by molar-refractivity contribution is 14.1. The van der Waals surface area contributed by atoms with E-state index in [1.54, 1.807) is 0 Å². The molecule has 0 radical (unpaired) electrons. The lowest BCUT2D eigenvalue weighted by molar-refractivity contribution is 0.0957. The topological polar surface area (TPSA) is 27.7 Å². The molecule has 0 fully saturated rings. The fraction of sp³-hybridized carbons (Fsp3) is 1.00. The second-order valence-corrected chi connectivity index (χ2v) is 2.48. The van der Waals surface area contributed by atoms with Gasteiger partial charge in [0.15, 0.2) is 0 Å². The molecule has 3 nitrogen and oxygen atoms in total. The fourth-order valence-corrected chi connectivity index (χ4v) is 0.642. The van der Waals surface area contributed by atoms with Crippen molar-refractivity contribution in [1.29, 1.82) is 0 Å². The van der Waals surface area contributed by atoms with E-state index in [1.165, 1.54) is 0 Å². The summed E-state index contributed by atoms with van der Waals surface area (Å²) < 4.78 is 14.5. The van der Waals surface area contributed by atoms with Crippen LogP contribution in [-0.2, 0) is 10.9 Å². The molecule has 0 atom stereocenters. The second-order valence-electron chi connectivity index (χ2n) is 1.24. The van der Waals surface area contributed by atoms with E-state index in [0.29, 0.717) is 26.4 Å². The number of hydrogen-bond acceptors (Lipinski definition) is 3. The van der Waals surface area contributed by atoms with Crippen LogP contribution in [0.1, 0.15) is 0 Å². The zero-order chi connectivity index (χ0) is 6.95. The lowest BCUT2D eigenvalue weighted by Crippen LogP contribution is -2.04. The van der Waals surface area contributed by atoms with Gasteiger partial charge < -0.3 is 10.9 Å². The van der Waals surface area contributed by atoms with Crippen LogP contribution in [0.2, 0.25) is 0 Å². The standard InChI is InChI=1S/C4H8I2O3/c5-8-3-1-7-2-4-9-6/h1-4H2. The molecule has 0 rings (SSSR count). The SMILES string of the molecule is IOCCOCCOI. The third-order valence-electron chi connectivity index (χ3n) is 0.610. The van der Waals surface area contributed by atoms with E-state index in [9.17, 15) is 0 Å². The molecular formula is C4H8I2O3. The predicted octanol–water partition coefficient (Wildman–Crippen LogP) is 1.74. The summed E-state index contributed by atoms with van der Waals surface area (Å²) in [6.07, 6.45) is 0. The van der Waals surface area contributed by atoms with Crippen LogP contribution in [0.5, 0.6) is 0 Å². The molecule has 0 amide bonds. The van der Waals surface area contributed by atoms with Gasteiger partial charge in [0.1, 0.15) is 46.0 Å². The van der Waals surface area contributed by atoms with E-state index >= 15 is 0 Å². The van der Waals surface area contributed by atoms with Crippen LogP contribution in [0.4, 0.5) is 0 Å². The summed E-state index contributed by atoms with van der Waals surface area (Å²) in [4.78, 5) is 0. The van der Waals surface area contributed by atoms with Gasteiger partial charge in [0, 0.05) is 0 Å². The molecule has 0 bridgehead atoms. The molecule has 0 aromatic rings. The Kier molecular flexibility index (Phi) is 10.7. The predicted molar refractivity (Wildman–Crippen MR) is 50.8 cm³/mol. The van der Waals surface area contributed by atoms with E-state index < -0.39 is 0 Å². The molecule has 0 spiro atoms. The van der Waals surface area contributed by atoms with Gasteiger partial charge in [-0.05, 0) is 0 Å². The van der Waals surface area contributed by atoms with Crippen molar-refractivity contribution >= 4 is 46.0 Å². The van der Waals surface area contributed by atoms with Crippen LogP contribution in [0.15, 0.2) is 0 Å². The van der Waals surface area contributed by atoms with E-state index in [0.717, 1.165) is 0 Å². The Morgan fingerprint density at radius 1 is 0.778 bits per heavy atom.